The van der Waals surface area contributed by atoms with Crippen LogP contribution in [-0.2, 0) is 30.3 Å². The molecule has 6 nitrogen and oxygen atoms in total. The number of aryl methyl sites for hydroxylation is 1. The molecule has 6 heteroatoms. The number of carbonyl (C=O) groups excluding carboxylic acids is 3. The largest absolute Gasteiger partial charge is 0.508 e. The Bertz CT molecular complexity index is 570. The van der Waals surface area contributed by atoms with E-state index in [1.807, 2.05) is 0 Å². The van der Waals surface area contributed by atoms with Crippen LogP contribution in [0, 0.1) is 5.92 Å². The van der Waals surface area contributed by atoms with Crippen LogP contribution in [0.4, 0.5) is 0 Å². The summed E-state index contributed by atoms with van der Waals surface area (Å²) in [6, 6.07) is 6.44. The van der Waals surface area contributed by atoms with Gasteiger partial charge in [-0.1, -0.05) is 12.1 Å². The van der Waals surface area contributed by atoms with Gasteiger partial charge in [-0.25, -0.2) is 0 Å². The van der Waals surface area contributed by atoms with Crippen molar-refractivity contribution in [2.24, 2.45) is 5.92 Å². The number of phenols is 1. The summed E-state index contributed by atoms with van der Waals surface area (Å²) in [5, 5.41) is 9.34. The SMILES string of the molecule is CC1(C)OC(=O)C(C(=O)CCc2cccc(O)c2)C(=O)O1. The van der Waals surface area contributed by atoms with Crippen molar-refractivity contribution in [1.29, 1.82) is 0 Å². The van der Waals surface area contributed by atoms with Crippen molar-refractivity contribution in [1.82, 2.24) is 0 Å². The first-order chi connectivity index (χ1) is 9.78. The molecule has 0 aliphatic carbocycles. The molecular formula is C15H16O6. The Kier molecular flexibility index (Phi) is 3.97. The Hall–Kier alpha value is -2.37. The summed E-state index contributed by atoms with van der Waals surface area (Å²) in [6.07, 6.45) is 0.298. The van der Waals surface area contributed by atoms with Gasteiger partial charge in [0.15, 0.2) is 5.78 Å². The third kappa shape index (κ3) is 3.59. The molecule has 0 spiro atoms. The van der Waals surface area contributed by atoms with Crippen molar-refractivity contribution < 1.29 is 29.0 Å². The van der Waals surface area contributed by atoms with E-state index in [2.05, 4.69) is 0 Å². The maximum atomic E-state index is 12.0. The number of phenolic OH excluding ortho intramolecular Hbond substituents is 1. The minimum absolute atomic E-state index is 0.0151. The van der Waals surface area contributed by atoms with Gasteiger partial charge in [0.05, 0.1) is 0 Å². The van der Waals surface area contributed by atoms with E-state index in [0.29, 0.717) is 6.42 Å². The molecule has 0 aromatic heterocycles. The van der Waals surface area contributed by atoms with Gasteiger partial charge in [-0.3, -0.25) is 14.4 Å². The van der Waals surface area contributed by atoms with Gasteiger partial charge >= 0.3 is 11.9 Å². The van der Waals surface area contributed by atoms with Gasteiger partial charge in [0.1, 0.15) is 5.75 Å². The van der Waals surface area contributed by atoms with Gasteiger partial charge in [0.25, 0.3) is 5.79 Å². The van der Waals surface area contributed by atoms with Gasteiger partial charge in [-0.15, -0.1) is 0 Å². The molecule has 1 aromatic carbocycles. The van der Waals surface area contributed by atoms with E-state index in [9.17, 15) is 19.5 Å². The second kappa shape index (κ2) is 5.55. The van der Waals surface area contributed by atoms with E-state index in [1.165, 1.54) is 26.0 Å². The van der Waals surface area contributed by atoms with Crippen LogP contribution in [0.25, 0.3) is 0 Å². The normalized spacial score (nSPS) is 18.0. The molecule has 21 heavy (non-hydrogen) atoms. The predicted molar refractivity (Wildman–Crippen MR) is 71.2 cm³/mol. The number of hydrogen-bond acceptors (Lipinski definition) is 6. The van der Waals surface area contributed by atoms with Crippen LogP contribution < -0.4 is 0 Å². The lowest BCUT2D eigenvalue weighted by atomic mass is 9.97. The van der Waals surface area contributed by atoms with Crippen molar-refractivity contribution in [3.05, 3.63) is 29.8 Å². The Labute approximate surface area is 121 Å². The molecule has 112 valence electrons. The highest BCUT2D eigenvalue weighted by atomic mass is 16.7. The first-order valence-electron chi connectivity index (χ1n) is 6.55. The van der Waals surface area contributed by atoms with E-state index in [0.717, 1.165) is 5.56 Å². The van der Waals surface area contributed by atoms with Crippen molar-refractivity contribution in [2.45, 2.75) is 32.5 Å². The lowest BCUT2D eigenvalue weighted by Crippen LogP contribution is -2.49. The van der Waals surface area contributed by atoms with Crippen LogP contribution in [0.3, 0.4) is 0 Å². The molecule has 1 saturated heterocycles. The fraction of sp³-hybridized carbons (Fsp3) is 0.400. The summed E-state index contributed by atoms with van der Waals surface area (Å²) >= 11 is 0. The average Bonchev–Trinajstić information content (AvgIpc) is 2.34. The summed E-state index contributed by atoms with van der Waals surface area (Å²) in [4.78, 5) is 35.5. The molecule has 1 N–H and O–H groups in total. The second-order valence-corrected chi connectivity index (χ2v) is 5.31. The molecule has 2 rings (SSSR count). The van der Waals surface area contributed by atoms with Crippen molar-refractivity contribution in [3.8, 4) is 5.75 Å². The minimum Gasteiger partial charge on any atom is -0.508 e. The van der Waals surface area contributed by atoms with Crippen LogP contribution in [0.2, 0.25) is 0 Å². The number of ether oxygens (including phenoxy) is 2. The van der Waals surface area contributed by atoms with Crippen LogP contribution in [0.1, 0.15) is 25.8 Å². The van der Waals surface area contributed by atoms with Gasteiger partial charge < -0.3 is 14.6 Å². The molecule has 0 bridgehead atoms. The molecule has 0 saturated carbocycles. The zero-order valence-electron chi connectivity index (χ0n) is 11.8. The van der Waals surface area contributed by atoms with Crippen LogP contribution in [0.15, 0.2) is 24.3 Å². The maximum Gasteiger partial charge on any atom is 0.331 e. The summed E-state index contributed by atoms with van der Waals surface area (Å²) in [5.41, 5.74) is 0.737. The lowest BCUT2D eigenvalue weighted by molar-refractivity contribution is -0.238. The van der Waals surface area contributed by atoms with Crippen LogP contribution >= 0.6 is 0 Å². The monoisotopic (exact) mass is 292 g/mol. The number of esters is 2. The second-order valence-electron chi connectivity index (χ2n) is 5.31. The summed E-state index contributed by atoms with van der Waals surface area (Å²) in [7, 11) is 0. The number of benzene rings is 1. The van der Waals surface area contributed by atoms with Crippen LogP contribution in [0.5, 0.6) is 5.75 Å². The van der Waals surface area contributed by atoms with E-state index < -0.39 is 29.4 Å². The van der Waals surface area contributed by atoms with Crippen molar-refractivity contribution >= 4 is 17.7 Å². The van der Waals surface area contributed by atoms with E-state index in [4.69, 9.17) is 9.47 Å². The zero-order chi connectivity index (χ0) is 15.6. The Morgan fingerprint density at radius 1 is 1.24 bits per heavy atom. The van der Waals surface area contributed by atoms with E-state index in [-0.39, 0.29) is 12.2 Å². The number of hydrogen-bond donors (Lipinski definition) is 1. The smallest absolute Gasteiger partial charge is 0.331 e. The summed E-state index contributed by atoms with van der Waals surface area (Å²) in [6.45, 7) is 2.85. The molecule has 0 amide bonds. The highest BCUT2D eigenvalue weighted by Crippen LogP contribution is 2.24. The Morgan fingerprint density at radius 2 is 1.86 bits per heavy atom. The standard InChI is InChI=1S/C15H16O6/c1-15(2)20-13(18)12(14(19)21-15)11(17)7-6-9-4-3-5-10(16)8-9/h3-5,8,12,16H,6-7H2,1-2H3. The first kappa shape index (κ1) is 15.0. The number of Topliss-reactive ketones (excluding diaryl/α,β-unsaturated/α-hetero) is 1. The molecule has 1 aliphatic heterocycles. The Morgan fingerprint density at radius 3 is 2.43 bits per heavy atom. The highest BCUT2D eigenvalue weighted by Gasteiger charge is 2.46. The molecule has 1 fully saturated rings. The van der Waals surface area contributed by atoms with E-state index >= 15 is 0 Å². The molecule has 1 aliphatic rings. The number of cyclic esters (lactones) is 2. The number of carbonyl (C=O) groups is 3. The van der Waals surface area contributed by atoms with Crippen molar-refractivity contribution in [2.75, 3.05) is 0 Å². The molecule has 1 aromatic rings. The molecule has 0 unspecified atom stereocenters. The molecule has 1 heterocycles. The van der Waals surface area contributed by atoms with Crippen molar-refractivity contribution in [3.63, 3.8) is 0 Å². The van der Waals surface area contributed by atoms with Gasteiger partial charge in [-0.05, 0) is 24.1 Å². The maximum absolute atomic E-state index is 12.0. The van der Waals surface area contributed by atoms with Gasteiger partial charge in [0, 0.05) is 20.3 Å². The summed E-state index contributed by atoms with van der Waals surface area (Å²) < 4.78 is 9.81. The summed E-state index contributed by atoms with van der Waals surface area (Å²) in [5.74, 6) is -5.07. The number of aromatic hydroxyl groups is 1. The topological polar surface area (TPSA) is 89.9 Å². The fourth-order valence-corrected chi connectivity index (χ4v) is 2.11. The third-order valence-corrected chi connectivity index (χ3v) is 3.06. The first-order valence-corrected chi connectivity index (χ1v) is 6.55. The highest BCUT2D eigenvalue weighted by molar-refractivity contribution is 6.15. The number of rotatable bonds is 4. The molecular weight excluding hydrogens is 276 g/mol. The average molecular weight is 292 g/mol. The van der Waals surface area contributed by atoms with Crippen LogP contribution in [-0.4, -0.2) is 28.6 Å². The third-order valence-electron chi connectivity index (χ3n) is 3.06. The Balaban J connectivity index is 2.00. The predicted octanol–water partition coefficient (Wildman–Crippen LogP) is 1.35. The fourth-order valence-electron chi connectivity index (χ4n) is 2.11. The zero-order valence-corrected chi connectivity index (χ0v) is 11.8. The van der Waals surface area contributed by atoms with E-state index in [1.54, 1.807) is 12.1 Å². The minimum atomic E-state index is -1.52. The van der Waals surface area contributed by atoms with Gasteiger partial charge in [-0.2, -0.15) is 0 Å². The molecule has 0 atom stereocenters. The number of ketones is 1. The molecule has 0 radical (unpaired) electrons. The lowest BCUT2D eigenvalue weighted by Gasteiger charge is -2.32. The van der Waals surface area contributed by atoms with Gasteiger partial charge in [0.2, 0.25) is 5.92 Å². The quantitative estimate of drug-likeness (QED) is 0.665.